The lowest BCUT2D eigenvalue weighted by molar-refractivity contribution is -0.147. The molecule has 5 rings (SSSR count). The number of hydrogen-bond acceptors (Lipinski definition) is 6. The lowest BCUT2D eigenvalue weighted by Gasteiger charge is -2.34. The van der Waals surface area contributed by atoms with E-state index in [0.29, 0.717) is 26.0 Å². The van der Waals surface area contributed by atoms with E-state index in [0.717, 1.165) is 24.2 Å². The summed E-state index contributed by atoms with van der Waals surface area (Å²) in [4.78, 5) is 19.7. The molecule has 0 spiro atoms. The van der Waals surface area contributed by atoms with Gasteiger partial charge in [0.05, 0.1) is 24.9 Å². The van der Waals surface area contributed by atoms with Gasteiger partial charge in [0.1, 0.15) is 6.10 Å². The lowest BCUT2D eigenvalue weighted by Crippen LogP contribution is -2.50. The number of methoxy groups -OCH3 is 1. The number of nitrogens with zero attached hydrogens (tertiary/aromatic N) is 4. The molecule has 0 saturated carbocycles. The van der Waals surface area contributed by atoms with Gasteiger partial charge in [-0.1, -0.05) is 30.3 Å². The second kappa shape index (κ2) is 11.1. The van der Waals surface area contributed by atoms with Gasteiger partial charge in [-0.05, 0) is 37.0 Å². The van der Waals surface area contributed by atoms with E-state index in [1.807, 2.05) is 47.5 Å². The number of hydrogen-bond donors (Lipinski definition) is 1. The highest BCUT2D eigenvalue weighted by Crippen LogP contribution is 2.38. The van der Waals surface area contributed by atoms with Crippen LogP contribution in [0.5, 0.6) is 5.88 Å². The second-order valence-electron chi connectivity index (χ2n) is 9.60. The Morgan fingerprint density at radius 3 is 2.71 bits per heavy atom. The molecule has 11 heteroatoms. The number of halogens is 3. The summed E-state index contributed by atoms with van der Waals surface area (Å²) in [6.45, 7) is 1.11. The van der Waals surface area contributed by atoms with Gasteiger partial charge in [-0.25, -0.2) is 4.98 Å². The molecule has 4 atom stereocenters. The third-order valence-electron chi connectivity index (χ3n) is 7.24. The zero-order chi connectivity index (χ0) is 26.7. The van der Waals surface area contributed by atoms with E-state index >= 15 is 0 Å². The molecular weight excluding hydrogens is 499 g/mol. The fourth-order valence-electron chi connectivity index (χ4n) is 5.40. The minimum atomic E-state index is -4.52. The third-order valence-corrected chi connectivity index (χ3v) is 7.24. The summed E-state index contributed by atoms with van der Waals surface area (Å²) < 4.78 is 52.9. The molecule has 0 radical (unpaired) electrons. The molecule has 1 aromatic carbocycles. The van der Waals surface area contributed by atoms with Crippen LogP contribution < -0.4 is 10.1 Å². The van der Waals surface area contributed by atoms with E-state index in [1.54, 1.807) is 10.9 Å². The molecule has 3 aromatic rings. The monoisotopic (exact) mass is 529 g/mol. The molecular formula is C27H30F3N5O3. The Balaban J connectivity index is 1.39. The van der Waals surface area contributed by atoms with Gasteiger partial charge in [0.2, 0.25) is 5.88 Å². The highest BCUT2D eigenvalue weighted by atomic mass is 19.4. The van der Waals surface area contributed by atoms with Crippen molar-refractivity contribution in [3.8, 4) is 5.88 Å². The number of pyridine rings is 1. The standard InChI is InChI=1S/C27H30F3N5O3/c1-37-25-20(14-21(16-32-25)27(28,29)30)15-31-23-9-8-22(18-6-3-2-4-7-18)35(23)26(36)24-19(10-13-38-24)17-34-12-5-11-33-34/h2-7,11-12,14,16,19,22-24,31H,8-10,13,15,17H2,1H3/t19-,22?,23?,24-/m1/s1. The van der Waals surface area contributed by atoms with Crippen LogP contribution >= 0.6 is 0 Å². The van der Waals surface area contributed by atoms with E-state index in [2.05, 4.69) is 15.4 Å². The summed E-state index contributed by atoms with van der Waals surface area (Å²) in [5.74, 6) is -0.0510. The number of carbonyl (C=O) groups excluding carboxylic acids is 1. The van der Waals surface area contributed by atoms with Crippen LogP contribution in [0.3, 0.4) is 0 Å². The first-order valence-corrected chi connectivity index (χ1v) is 12.6. The molecule has 2 unspecified atom stereocenters. The highest BCUT2D eigenvalue weighted by molar-refractivity contribution is 5.82. The van der Waals surface area contributed by atoms with Crippen molar-refractivity contribution in [2.24, 2.45) is 5.92 Å². The van der Waals surface area contributed by atoms with Gasteiger partial charge in [-0.3, -0.25) is 14.8 Å². The summed E-state index contributed by atoms with van der Waals surface area (Å²) >= 11 is 0. The zero-order valence-corrected chi connectivity index (χ0v) is 21.0. The molecule has 2 aromatic heterocycles. The van der Waals surface area contributed by atoms with Gasteiger partial charge >= 0.3 is 6.18 Å². The molecule has 1 amide bonds. The topological polar surface area (TPSA) is 81.5 Å². The van der Waals surface area contributed by atoms with Crippen molar-refractivity contribution in [3.63, 3.8) is 0 Å². The van der Waals surface area contributed by atoms with Crippen molar-refractivity contribution in [3.05, 3.63) is 77.7 Å². The minimum absolute atomic E-state index is 0.0344. The Labute approximate surface area is 218 Å². The SMILES string of the molecule is COc1ncc(C(F)(F)F)cc1CNC1CCC(c2ccccc2)N1C(=O)[C@@H]1OCC[C@@H]1Cn1cccn1. The predicted octanol–water partition coefficient (Wildman–Crippen LogP) is 4.19. The number of amides is 1. The maximum absolute atomic E-state index is 14.0. The number of aromatic nitrogens is 3. The van der Waals surface area contributed by atoms with Crippen LogP contribution in [0.15, 0.2) is 61.1 Å². The number of carbonyl (C=O) groups is 1. The van der Waals surface area contributed by atoms with Crippen LogP contribution in [-0.2, 0) is 28.8 Å². The first-order chi connectivity index (χ1) is 18.3. The maximum Gasteiger partial charge on any atom is 0.417 e. The smallest absolute Gasteiger partial charge is 0.417 e. The average molecular weight is 530 g/mol. The van der Waals surface area contributed by atoms with Crippen molar-refractivity contribution >= 4 is 5.91 Å². The minimum Gasteiger partial charge on any atom is -0.481 e. The molecule has 38 heavy (non-hydrogen) atoms. The van der Waals surface area contributed by atoms with Gasteiger partial charge in [0, 0.05) is 49.8 Å². The van der Waals surface area contributed by atoms with E-state index in [-0.39, 0.29) is 35.9 Å². The fourth-order valence-corrected chi connectivity index (χ4v) is 5.40. The van der Waals surface area contributed by atoms with Crippen molar-refractivity contribution in [1.82, 2.24) is 25.0 Å². The second-order valence-corrected chi connectivity index (χ2v) is 9.60. The van der Waals surface area contributed by atoms with Crippen LogP contribution in [0.2, 0.25) is 0 Å². The molecule has 4 heterocycles. The van der Waals surface area contributed by atoms with E-state index in [9.17, 15) is 18.0 Å². The normalized spacial score (nSPS) is 23.6. The molecule has 1 N–H and O–H groups in total. The van der Waals surface area contributed by atoms with Crippen LogP contribution in [0.1, 0.15) is 42.0 Å². The summed E-state index contributed by atoms with van der Waals surface area (Å²) in [5, 5.41) is 7.59. The Morgan fingerprint density at radius 1 is 1.18 bits per heavy atom. The molecule has 0 bridgehead atoms. The maximum atomic E-state index is 14.0. The molecule has 2 aliphatic heterocycles. The first kappa shape index (κ1) is 26.2. The van der Waals surface area contributed by atoms with Crippen LogP contribution in [0.25, 0.3) is 0 Å². The number of rotatable bonds is 8. The van der Waals surface area contributed by atoms with Gasteiger partial charge in [0.25, 0.3) is 5.91 Å². The van der Waals surface area contributed by atoms with E-state index in [1.165, 1.54) is 7.11 Å². The number of nitrogens with one attached hydrogen (secondary N) is 1. The molecule has 2 saturated heterocycles. The molecule has 202 valence electrons. The quantitative estimate of drug-likeness (QED) is 0.472. The average Bonchev–Trinajstić information content (AvgIpc) is 3.68. The van der Waals surface area contributed by atoms with Crippen LogP contribution in [-0.4, -0.2) is 51.6 Å². The fraction of sp³-hybridized carbons (Fsp3) is 0.444. The highest BCUT2D eigenvalue weighted by Gasteiger charge is 2.44. The predicted molar refractivity (Wildman–Crippen MR) is 132 cm³/mol. The molecule has 2 aliphatic rings. The van der Waals surface area contributed by atoms with E-state index in [4.69, 9.17) is 9.47 Å². The molecule has 2 fully saturated rings. The van der Waals surface area contributed by atoms with Crippen molar-refractivity contribution in [1.29, 1.82) is 0 Å². The molecule has 8 nitrogen and oxygen atoms in total. The van der Waals surface area contributed by atoms with Crippen molar-refractivity contribution in [2.75, 3.05) is 13.7 Å². The van der Waals surface area contributed by atoms with Crippen LogP contribution in [0.4, 0.5) is 13.2 Å². The first-order valence-electron chi connectivity index (χ1n) is 12.6. The molecule has 0 aliphatic carbocycles. The van der Waals surface area contributed by atoms with Crippen molar-refractivity contribution < 1.29 is 27.4 Å². The Bertz CT molecular complexity index is 1220. The number of alkyl halides is 3. The Kier molecular flexibility index (Phi) is 7.66. The van der Waals surface area contributed by atoms with Crippen LogP contribution in [0, 0.1) is 5.92 Å². The van der Waals surface area contributed by atoms with Gasteiger partial charge in [-0.2, -0.15) is 18.3 Å². The Hall–Kier alpha value is -3.44. The summed E-state index contributed by atoms with van der Waals surface area (Å²) in [7, 11) is 1.37. The number of benzene rings is 1. The van der Waals surface area contributed by atoms with Gasteiger partial charge in [0.15, 0.2) is 0 Å². The third kappa shape index (κ3) is 5.53. The Morgan fingerprint density at radius 2 is 2.00 bits per heavy atom. The van der Waals surface area contributed by atoms with Gasteiger partial charge < -0.3 is 14.4 Å². The zero-order valence-electron chi connectivity index (χ0n) is 21.0. The summed E-state index contributed by atoms with van der Waals surface area (Å²) in [5.41, 5.74) is 0.425. The lowest BCUT2D eigenvalue weighted by atomic mass is 9.99. The largest absolute Gasteiger partial charge is 0.481 e. The summed E-state index contributed by atoms with van der Waals surface area (Å²) in [6, 6.07) is 12.5. The summed E-state index contributed by atoms with van der Waals surface area (Å²) in [6.07, 6.45) is 0.864. The number of likely N-dealkylation sites (tertiary alicyclic amines) is 1. The van der Waals surface area contributed by atoms with Gasteiger partial charge in [-0.15, -0.1) is 0 Å². The number of ether oxygens (including phenoxy) is 2. The van der Waals surface area contributed by atoms with E-state index < -0.39 is 24.0 Å². The van der Waals surface area contributed by atoms with Crippen molar-refractivity contribution in [2.45, 2.75) is 56.8 Å².